The average Bonchev–Trinajstić information content (AvgIpc) is 1.50. The second-order valence-corrected chi connectivity index (χ2v) is 0. The van der Waals surface area contributed by atoms with Gasteiger partial charge in [0.1, 0.15) is 0 Å². The van der Waals surface area contributed by atoms with E-state index in [-0.39, 0.29) is 32.7 Å². The van der Waals surface area contributed by atoms with Crippen LogP contribution in [0.2, 0.25) is 0 Å². The predicted octanol–water partition coefficient (Wildman–Crippen LogP) is -1.75. The highest BCUT2D eigenvalue weighted by Crippen LogP contribution is 1.31. The Morgan fingerprint density at radius 1 is 0.875 bits per heavy atom. The molecule has 0 unspecified atom stereocenters. The largest absolute Gasteiger partial charge is 1.00 e. The van der Waals surface area contributed by atoms with Crippen LogP contribution >= 0.6 is 11.9 Å². The van der Waals surface area contributed by atoms with E-state index in [0.717, 1.165) is 0 Å². The molecule has 0 saturated carbocycles. The van der Waals surface area contributed by atoms with Crippen LogP contribution in [0.15, 0.2) is 0 Å². The maximum absolute atomic E-state index is 6.47. The van der Waals surface area contributed by atoms with E-state index in [4.69, 9.17) is 15.2 Å². The molecule has 0 aromatic heterocycles. The third-order valence-corrected chi connectivity index (χ3v) is 0. The lowest BCUT2D eigenvalue weighted by molar-refractivity contribution is -0.176. The Kier molecular flexibility index (Phi) is 17200. The first-order chi connectivity index (χ1) is 2.00. The van der Waals surface area contributed by atoms with Gasteiger partial charge in [0.25, 0.3) is 0 Å². The van der Waals surface area contributed by atoms with E-state index in [9.17, 15) is 0 Å². The van der Waals surface area contributed by atoms with Crippen LogP contribution in [-0.2, 0) is 0 Å². The van der Waals surface area contributed by atoms with Gasteiger partial charge in [-0.15, -0.1) is 0 Å². The minimum Gasteiger partial charge on any atom is -1.00 e. The minimum atomic E-state index is 0. The standard InChI is InChI=1S/2CH4.ClHO.ClH.H2O2.H2O/c;;1-2;;1-2;/h2*1H4;2H;1H;1-2H;1H2/p-2. The van der Waals surface area contributed by atoms with Crippen molar-refractivity contribution in [3.8, 4) is 0 Å². The molecule has 0 saturated heterocycles. The molecule has 0 heterocycles. The highest BCUT2D eigenvalue weighted by Gasteiger charge is 0.897. The molecule has 0 amide bonds. The Hall–Kier alpha value is 0.420. The van der Waals surface area contributed by atoms with Gasteiger partial charge in [0.15, 0.2) is 0 Å². The summed E-state index contributed by atoms with van der Waals surface area (Å²) in [5, 5.41) is 12.0. The van der Waals surface area contributed by atoms with Crippen LogP contribution in [-0.4, -0.2) is 20.6 Å². The molecule has 0 aromatic carbocycles. The van der Waals surface area contributed by atoms with Gasteiger partial charge < -0.3 is 17.9 Å². The summed E-state index contributed by atoms with van der Waals surface area (Å²) in [6.07, 6.45) is 0. The molecular weight excluding hydrogens is 159 g/mol. The molecule has 6 heteroatoms. The second kappa shape index (κ2) is 1730. The van der Waals surface area contributed by atoms with Crippen LogP contribution in [0.3, 0.4) is 0 Å². The Labute approximate surface area is 60.5 Å². The van der Waals surface area contributed by atoms with Crippen LogP contribution in [0.1, 0.15) is 14.9 Å². The molecule has 0 fully saturated rings. The number of hydrogen-bond acceptors (Lipinski definition) is 4. The maximum Gasteiger partial charge on any atom is 0.0579 e. The molecule has 0 aliphatic rings. The van der Waals surface area contributed by atoms with Crippen LogP contribution in [0.25, 0.3) is 0 Å². The summed E-state index contributed by atoms with van der Waals surface area (Å²) in [5.74, 6) is 0. The van der Waals surface area contributed by atoms with Crippen LogP contribution in [0, 0.1) is 0 Å². The van der Waals surface area contributed by atoms with Gasteiger partial charge in [-0.25, -0.2) is 0 Å². The van der Waals surface area contributed by atoms with Crippen LogP contribution < -0.4 is 12.4 Å². The fourth-order valence-corrected chi connectivity index (χ4v) is 0. The summed E-state index contributed by atoms with van der Waals surface area (Å²) in [4.78, 5) is 0. The Morgan fingerprint density at radius 3 is 0.875 bits per heavy atom. The van der Waals surface area contributed by atoms with Gasteiger partial charge in [-0.1, -0.05) is 14.9 Å². The molecule has 4 nitrogen and oxygen atoms in total. The maximum atomic E-state index is 6.47. The minimum absolute atomic E-state index is 0. The summed E-state index contributed by atoms with van der Waals surface area (Å²) in [6.45, 7) is 0. The predicted molar refractivity (Wildman–Crippen MR) is 28.7 cm³/mol. The van der Waals surface area contributed by atoms with E-state index in [1.807, 2.05) is 0 Å². The Balaban J connectivity index is -0.00000000167. The van der Waals surface area contributed by atoms with Crippen molar-refractivity contribution in [3.63, 3.8) is 0 Å². The molecule has 0 spiro atoms. The lowest BCUT2D eigenvalue weighted by Gasteiger charge is -1.25. The van der Waals surface area contributed by atoms with Gasteiger partial charge in [-0.2, -0.15) is 0 Å². The topological polar surface area (TPSA) is 90.7 Å². The molecule has 4 N–H and O–H groups in total. The molecule has 60 valence electrons. The first-order valence-corrected chi connectivity index (χ1v) is 0.707. The van der Waals surface area contributed by atoms with E-state index in [1.54, 1.807) is 0 Å². The Bertz CT molecular complexity index is 12.0. The first kappa shape index (κ1) is 79.2. The van der Waals surface area contributed by atoms with Gasteiger partial charge in [0.05, 0.1) is 11.9 Å². The lowest BCUT2D eigenvalue weighted by atomic mass is 12.0. The summed E-state index contributed by atoms with van der Waals surface area (Å²) >= 11 is 3.64. The lowest BCUT2D eigenvalue weighted by Crippen LogP contribution is -3.00. The number of rotatable bonds is 0. The van der Waals surface area contributed by atoms with Gasteiger partial charge >= 0.3 is 0 Å². The molecular formula is C2H12Cl2O4-2. The van der Waals surface area contributed by atoms with E-state index in [0.29, 0.717) is 0 Å². The molecule has 0 radical (unpaired) electrons. The molecule has 0 rings (SSSR count). The summed E-state index contributed by atoms with van der Waals surface area (Å²) in [6, 6.07) is 0. The van der Waals surface area contributed by atoms with E-state index < -0.39 is 0 Å². The average molecular weight is 171 g/mol. The van der Waals surface area contributed by atoms with Gasteiger partial charge in [-0.3, -0.25) is 15.2 Å². The molecule has 8 heavy (non-hydrogen) atoms. The van der Waals surface area contributed by atoms with Crippen molar-refractivity contribution >= 4 is 11.9 Å². The number of halogens is 2. The van der Waals surface area contributed by atoms with Crippen molar-refractivity contribution in [1.82, 2.24) is 0 Å². The molecule has 0 bridgehead atoms. The molecule has 0 aliphatic carbocycles. The Morgan fingerprint density at radius 2 is 0.875 bits per heavy atom. The second-order valence-electron chi connectivity index (χ2n) is 0. The van der Waals surface area contributed by atoms with Gasteiger partial charge in [0, 0.05) is 0 Å². The zero-order chi connectivity index (χ0) is 4.00. The summed E-state index contributed by atoms with van der Waals surface area (Å²) in [5.41, 5.74) is 0. The smallest absolute Gasteiger partial charge is 0.0579 e. The van der Waals surface area contributed by atoms with E-state index >= 15 is 0 Å². The van der Waals surface area contributed by atoms with Crippen molar-refractivity contribution in [2.24, 2.45) is 0 Å². The SMILES string of the molecule is C.C.OCl.OO.[Cl-].[OH-]. The zero-order valence-electron chi connectivity index (χ0n) is 2.54. The van der Waals surface area contributed by atoms with Gasteiger partial charge in [0.2, 0.25) is 0 Å². The van der Waals surface area contributed by atoms with Crippen molar-refractivity contribution in [1.29, 1.82) is 0 Å². The highest BCUT2D eigenvalue weighted by atomic mass is 35.5. The monoisotopic (exact) mass is 170 g/mol. The first-order valence-electron chi connectivity index (χ1n) is 0.369. The van der Waals surface area contributed by atoms with Crippen molar-refractivity contribution < 1.29 is 33.1 Å². The van der Waals surface area contributed by atoms with E-state index in [2.05, 4.69) is 11.9 Å². The zero-order valence-corrected chi connectivity index (χ0v) is 4.06. The van der Waals surface area contributed by atoms with Crippen LogP contribution in [0.5, 0.6) is 0 Å². The molecule has 0 aromatic rings. The fraction of sp³-hybridized carbons (Fsp3) is 1.00. The highest BCUT2D eigenvalue weighted by molar-refractivity contribution is 6.04. The van der Waals surface area contributed by atoms with Crippen molar-refractivity contribution in [3.05, 3.63) is 0 Å². The number of hydrogen-bond donors (Lipinski definition) is 3. The fourth-order valence-electron chi connectivity index (χ4n) is 0. The van der Waals surface area contributed by atoms with Crippen molar-refractivity contribution in [2.75, 3.05) is 0 Å². The van der Waals surface area contributed by atoms with Crippen molar-refractivity contribution in [2.45, 2.75) is 14.9 Å². The molecule has 0 aliphatic heterocycles. The summed E-state index contributed by atoms with van der Waals surface area (Å²) < 4.78 is 6.47. The normalized spacial score (nSPS) is 1.50. The third kappa shape index (κ3) is 1070. The summed E-state index contributed by atoms with van der Waals surface area (Å²) in [7, 11) is 0. The van der Waals surface area contributed by atoms with E-state index in [1.165, 1.54) is 0 Å². The third-order valence-electron chi connectivity index (χ3n) is 0. The quantitative estimate of drug-likeness (QED) is 0.297. The van der Waals surface area contributed by atoms with Crippen LogP contribution in [0.4, 0.5) is 0 Å². The van der Waals surface area contributed by atoms with Gasteiger partial charge in [-0.05, 0) is 0 Å². The molecule has 0 atom stereocenters.